The Hall–Kier alpha value is -1.52. The number of aliphatic carboxylic acids is 1. The fourth-order valence-electron chi connectivity index (χ4n) is 2.26. The molecule has 96 valence electrons. The summed E-state index contributed by atoms with van der Waals surface area (Å²) in [6.45, 7) is 4.09. The lowest BCUT2D eigenvalue weighted by Crippen LogP contribution is -2.51. The zero-order valence-corrected chi connectivity index (χ0v) is 10.00. The van der Waals surface area contributed by atoms with Gasteiger partial charge in [-0.15, -0.1) is 6.58 Å². The summed E-state index contributed by atoms with van der Waals surface area (Å²) >= 11 is 0. The summed E-state index contributed by atoms with van der Waals surface area (Å²) < 4.78 is 0. The van der Waals surface area contributed by atoms with Crippen molar-refractivity contribution in [3.05, 3.63) is 12.7 Å². The zero-order valence-electron chi connectivity index (χ0n) is 10.00. The molecule has 5 nitrogen and oxygen atoms in total. The van der Waals surface area contributed by atoms with E-state index in [9.17, 15) is 9.59 Å². The quantitative estimate of drug-likeness (QED) is 0.488. The molecule has 5 heteroatoms. The fourth-order valence-corrected chi connectivity index (χ4v) is 2.26. The molecule has 0 aromatic carbocycles. The average Bonchev–Trinajstić information content (AvgIpc) is 2.65. The number of rotatable bonds is 6. The molecule has 0 aromatic heterocycles. The predicted molar refractivity (Wildman–Crippen MR) is 64.8 cm³/mol. The first-order chi connectivity index (χ1) is 8.08. The molecule has 0 bridgehead atoms. The molecule has 0 heterocycles. The second kappa shape index (κ2) is 6.27. The number of carboxylic acid groups (broad SMARTS) is 1. The standard InChI is InChI=1S/C12H20N2O3/c1-2-3-8-13-11(17)14-12(9-10(15)16)6-4-5-7-12/h2H,1,3-9H2,(H,15,16)(H2,13,14,17). The SMILES string of the molecule is C=CCCNC(=O)NC1(CC(=O)O)CCCC1. The van der Waals surface area contributed by atoms with Crippen LogP contribution in [0.3, 0.4) is 0 Å². The van der Waals surface area contributed by atoms with Crippen LogP contribution in [-0.4, -0.2) is 29.2 Å². The van der Waals surface area contributed by atoms with E-state index in [2.05, 4.69) is 17.2 Å². The van der Waals surface area contributed by atoms with Crippen LogP contribution in [0.25, 0.3) is 0 Å². The Bertz CT molecular complexity index is 296. The topological polar surface area (TPSA) is 78.4 Å². The lowest BCUT2D eigenvalue weighted by Gasteiger charge is -2.28. The van der Waals surface area contributed by atoms with Crippen molar-refractivity contribution in [2.24, 2.45) is 0 Å². The van der Waals surface area contributed by atoms with E-state index in [1.807, 2.05) is 0 Å². The number of carbonyl (C=O) groups is 2. The van der Waals surface area contributed by atoms with Crippen molar-refractivity contribution in [3.8, 4) is 0 Å². The van der Waals surface area contributed by atoms with Gasteiger partial charge in [0.2, 0.25) is 0 Å². The van der Waals surface area contributed by atoms with Gasteiger partial charge in [0.1, 0.15) is 0 Å². The maximum Gasteiger partial charge on any atom is 0.315 e. The molecule has 0 spiro atoms. The summed E-state index contributed by atoms with van der Waals surface area (Å²) in [4.78, 5) is 22.4. The zero-order chi connectivity index (χ0) is 12.7. The maximum atomic E-state index is 11.6. The van der Waals surface area contributed by atoms with Crippen molar-refractivity contribution in [1.29, 1.82) is 0 Å². The summed E-state index contributed by atoms with van der Waals surface area (Å²) in [5, 5.41) is 14.4. The molecule has 0 radical (unpaired) electrons. The van der Waals surface area contributed by atoms with E-state index in [1.165, 1.54) is 0 Å². The molecule has 1 aliphatic carbocycles. The number of carboxylic acids is 1. The van der Waals surface area contributed by atoms with Gasteiger partial charge >= 0.3 is 12.0 Å². The van der Waals surface area contributed by atoms with Crippen LogP contribution in [0.4, 0.5) is 4.79 Å². The minimum atomic E-state index is -0.863. The highest BCUT2D eigenvalue weighted by Gasteiger charge is 2.37. The number of nitrogens with one attached hydrogen (secondary N) is 2. The lowest BCUT2D eigenvalue weighted by atomic mass is 9.93. The third kappa shape index (κ3) is 4.46. The molecule has 1 fully saturated rings. The van der Waals surface area contributed by atoms with Crippen molar-refractivity contribution in [2.45, 2.75) is 44.1 Å². The first-order valence-electron chi connectivity index (χ1n) is 5.97. The highest BCUT2D eigenvalue weighted by molar-refractivity contribution is 5.76. The first kappa shape index (κ1) is 13.5. The van der Waals surface area contributed by atoms with Gasteiger partial charge in [-0.05, 0) is 19.3 Å². The van der Waals surface area contributed by atoms with Crippen LogP contribution in [-0.2, 0) is 4.79 Å². The van der Waals surface area contributed by atoms with E-state index in [-0.39, 0.29) is 12.5 Å². The highest BCUT2D eigenvalue weighted by Crippen LogP contribution is 2.32. The normalized spacial score (nSPS) is 17.4. The maximum absolute atomic E-state index is 11.6. The molecule has 17 heavy (non-hydrogen) atoms. The third-order valence-electron chi connectivity index (χ3n) is 3.06. The van der Waals surface area contributed by atoms with Gasteiger partial charge in [-0.1, -0.05) is 18.9 Å². The van der Waals surface area contributed by atoms with Crippen molar-refractivity contribution in [1.82, 2.24) is 10.6 Å². The highest BCUT2D eigenvalue weighted by atomic mass is 16.4. The largest absolute Gasteiger partial charge is 0.481 e. The Kier molecular flexibility index (Phi) is 5.00. The lowest BCUT2D eigenvalue weighted by molar-refractivity contribution is -0.138. The first-order valence-corrected chi connectivity index (χ1v) is 5.97. The van der Waals surface area contributed by atoms with Gasteiger partial charge in [-0.3, -0.25) is 4.79 Å². The molecule has 0 unspecified atom stereocenters. The van der Waals surface area contributed by atoms with Gasteiger partial charge in [-0.2, -0.15) is 0 Å². The molecule has 0 saturated heterocycles. The number of hydrogen-bond acceptors (Lipinski definition) is 2. The van der Waals surface area contributed by atoms with Crippen LogP contribution in [0.5, 0.6) is 0 Å². The predicted octanol–water partition coefficient (Wildman–Crippen LogP) is 1.65. The molecule has 3 N–H and O–H groups in total. The van der Waals surface area contributed by atoms with E-state index in [4.69, 9.17) is 5.11 Å². The Labute approximate surface area is 101 Å². The third-order valence-corrected chi connectivity index (χ3v) is 3.06. The Morgan fingerprint density at radius 3 is 2.53 bits per heavy atom. The molecule has 0 aromatic rings. The molecule has 1 aliphatic rings. The molecule has 2 amide bonds. The molecular formula is C12H20N2O3. The van der Waals surface area contributed by atoms with Crippen LogP contribution in [0.1, 0.15) is 38.5 Å². The summed E-state index contributed by atoms with van der Waals surface area (Å²) in [6.07, 6.45) is 5.87. The minimum absolute atomic E-state index is 0.00186. The van der Waals surface area contributed by atoms with E-state index in [0.29, 0.717) is 13.0 Å². The number of carbonyl (C=O) groups excluding carboxylic acids is 1. The summed E-state index contributed by atoms with van der Waals surface area (Å²) in [5.74, 6) is -0.863. The second-order valence-corrected chi connectivity index (χ2v) is 4.52. The van der Waals surface area contributed by atoms with Gasteiger partial charge in [-0.25, -0.2) is 4.79 Å². The molecule has 0 aliphatic heterocycles. The van der Waals surface area contributed by atoms with Gasteiger partial charge in [0.25, 0.3) is 0 Å². The van der Waals surface area contributed by atoms with E-state index in [1.54, 1.807) is 6.08 Å². The molecule has 1 saturated carbocycles. The van der Waals surface area contributed by atoms with Crippen LogP contribution < -0.4 is 10.6 Å². The van der Waals surface area contributed by atoms with Crippen molar-refractivity contribution in [3.63, 3.8) is 0 Å². The summed E-state index contributed by atoms with van der Waals surface area (Å²) in [5.41, 5.74) is -0.551. The Balaban J connectivity index is 2.46. The smallest absolute Gasteiger partial charge is 0.315 e. The van der Waals surface area contributed by atoms with Crippen LogP contribution in [0.2, 0.25) is 0 Å². The fraction of sp³-hybridized carbons (Fsp3) is 0.667. The summed E-state index contributed by atoms with van der Waals surface area (Å²) in [7, 11) is 0. The minimum Gasteiger partial charge on any atom is -0.481 e. The van der Waals surface area contributed by atoms with Gasteiger partial charge in [0.15, 0.2) is 0 Å². The van der Waals surface area contributed by atoms with E-state index in [0.717, 1.165) is 25.7 Å². The second-order valence-electron chi connectivity index (χ2n) is 4.52. The van der Waals surface area contributed by atoms with Gasteiger partial charge in [0, 0.05) is 6.54 Å². The monoisotopic (exact) mass is 240 g/mol. The Morgan fingerprint density at radius 2 is 2.00 bits per heavy atom. The molecule has 1 rings (SSSR count). The van der Waals surface area contributed by atoms with Crippen LogP contribution in [0.15, 0.2) is 12.7 Å². The number of hydrogen-bond donors (Lipinski definition) is 3. The van der Waals surface area contributed by atoms with Crippen molar-refractivity contribution in [2.75, 3.05) is 6.54 Å². The van der Waals surface area contributed by atoms with Crippen LogP contribution in [0, 0.1) is 0 Å². The van der Waals surface area contributed by atoms with E-state index < -0.39 is 11.5 Å². The van der Waals surface area contributed by atoms with Crippen LogP contribution >= 0.6 is 0 Å². The van der Waals surface area contributed by atoms with Gasteiger partial charge in [0.05, 0.1) is 12.0 Å². The number of amides is 2. The van der Waals surface area contributed by atoms with Crippen molar-refractivity contribution < 1.29 is 14.7 Å². The average molecular weight is 240 g/mol. The summed E-state index contributed by atoms with van der Waals surface area (Å²) in [6, 6.07) is -0.282. The van der Waals surface area contributed by atoms with E-state index >= 15 is 0 Å². The molecule has 0 atom stereocenters. The van der Waals surface area contributed by atoms with Crippen molar-refractivity contribution >= 4 is 12.0 Å². The number of urea groups is 1. The molecular weight excluding hydrogens is 220 g/mol. The van der Waals surface area contributed by atoms with Gasteiger partial charge < -0.3 is 15.7 Å². The Morgan fingerprint density at radius 1 is 1.35 bits per heavy atom.